The van der Waals surface area contributed by atoms with E-state index < -0.39 is 5.82 Å². The van der Waals surface area contributed by atoms with Crippen molar-refractivity contribution in [2.75, 3.05) is 48.3 Å². The summed E-state index contributed by atoms with van der Waals surface area (Å²) in [5, 5.41) is 25.3. The number of carbonyl (C=O) groups is 1. The van der Waals surface area contributed by atoms with Gasteiger partial charge in [-0.1, -0.05) is 5.92 Å². The first-order valence-corrected chi connectivity index (χ1v) is 13.5. The number of aromatic hydroxyl groups is 1. The van der Waals surface area contributed by atoms with E-state index in [1.807, 2.05) is 6.07 Å². The number of phenolic OH excluding ortho intramolecular Hbond substituents is 1. The maximum atomic E-state index is 13.8. The van der Waals surface area contributed by atoms with Crippen molar-refractivity contribution < 1.29 is 14.3 Å². The zero-order chi connectivity index (χ0) is 29.8. The molecule has 1 aliphatic rings. The standard InChI is InChI=1S/C29H26FN11O2/c30-19-5-6-24(42)20(16-19)21-17-23(28(31)37-36-21)39-11-3-12-40(15-14-39)26-7-10-32-25(35-26)4-1-8-34-29(43)22-18-27-33-9-2-13-41(27)38-22/h2,5-7,9-10,13,16-18,42H,3,8,11-12,14-15H2,(H2,31,37)(H,34,43). The summed E-state index contributed by atoms with van der Waals surface area (Å²) < 4.78 is 15.4. The second-order valence-electron chi connectivity index (χ2n) is 9.66. The number of rotatable bonds is 5. The van der Waals surface area contributed by atoms with Gasteiger partial charge in [-0.2, -0.15) is 5.10 Å². The average Bonchev–Trinajstić information content (AvgIpc) is 3.31. The maximum absolute atomic E-state index is 13.8. The third-order valence-corrected chi connectivity index (χ3v) is 6.84. The van der Waals surface area contributed by atoms with Crippen LogP contribution >= 0.6 is 0 Å². The number of nitrogen functional groups attached to an aromatic ring is 1. The predicted octanol–water partition coefficient (Wildman–Crippen LogP) is 1.90. The molecule has 14 heteroatoms. The van der Waals surface area contributed by atoms with Crippen molar-refractivity contribution in [3.8, 4) is 28.8 Å². The lowest BCUT2D eigenvalue weighted by atomic mass is 10.1. The second kappa shape index (κ2) is 12.0. The Balaban J connectivity index is 1.09. The number of fused-ring (bicyclic) bond motifs is 1. The van der Waals surface area contributed by atoms with Gasteiger partial charge in [-0.05, 0) is 48.7 Å². The number of hydrogen-bond acceptors (Lipinski definition) is 11. The SMILES string of the molecule is Nc1nnc(-c2cc(F)ccc2O)cc1N1CCCN(c2ccnc(C#CCNC(=O)c3cc4ncccn4n3)n2)CC1. The minimum absolute atomic E-state index is 0.0946. The fraction of sp³-hybridized carbons (Fsp3) is 0.207. The molecule has 0 atom stereocenters. The van der Waals surface area contributed by atoms with Crippen molar-refractivity contribution in [3.63, 3.8) is 0 Å². The van der Waals surface area contributed by atoms with Gasteiger partial charge < -0.3 is 26.0 Å². The molecule has 43 heavy (non-hydrogen) atoms. The van der Waals surface area contributed by atoms with Gasteiger partial charge in [-0.3, -0.25) is 4.79 Å². The number of aromatic nitrogens is 7. The van der Waals surface area contributed by atoms with Gasteiger partial charge in [-0.15, -0.1) is 10.2 Å². The normalized spacial score (nSPS) is 13.3. The van der Waals surface area contributed by atoms with Gasteiger partial charge in [-0.25, -0.2) is 23.9 Å². The van der Waals surface area contributed by atoms with Gasteiger partial charge in [0.2, 0.25) is 5.82 Å². The van der Waals surface area contributed by atoms with E-state index in [0.717, 1.165) is 18.8 Å². The van der Waals surface area contributed by atoms with Crippen LogP contribution < -0.4 is 20.9 Å². The molecule has 5 heterocycles. The number of halogens is 1. The maximum Gasteiger partial charge on any atom is 0.272 e. The number of nitrogens with zero attached hydrogens (tertiary/aromatic N) is 9. The summed E-state index contributed by atoms with van der Waals surface area (Å²) in [7, 11) is 0. The highest BCUT2D eigenvalue weighted by molar-refractivity contribution is 5.93. The van der Waals surface area contributed by atoms with Crippen LogP contribution in [0.2, 0.25) is 0 Å². The van der Waals surface area contributed by atoms with E-state index >= 15 is 0 Å². The molecule has 4 N–H and O–H groups in total. The number of phenols is 1. The van der Waals surface area contributed by atoms with Gasteiger partial charge in [0.1, 0.15) is 17.4 Å². The van der Waals surface area contributed by atoms with E-state index in [1.54, 1.807) is 36.8 Å². The summed E-state index contributed by atoms with van der Waals surface area (Å²) in [6.07, 6.45) is 5.80. The quantitative estimate of drug-likeness (QED) is 0.261. The van der Waals surface area contributed by atoms with Crippen molar-refractivity contribution in [1.29, 1.82) is 0 Å². The van der Waals surface area contributed by atoms with Crippen molar-refractivity contribution >= 4 is 28.9 Å². The molecule has 1 aliphatic heterocycles. The number of nitrogens with one attached hydrogen (secondary N) is 1. The Labute approximate surface area is 245 Å². The Morgan fingerprint density at radius 2 is 1.91 bits per heavy atom. The molecule has 0 saturated carbocycles. The predicted molar refractivity (Wildman–Crippen MR) is 157 cm³/mol. The molecule has 13 nitrogen and oxygen atoms in total. The minimum Gasteiger partial charge on any atom is -0.507 e. The van der Waals surface area contributed by atoms with Crippen LogP contribution in [0.25, 0.3) is 16.9 Å². The number of benzene rings is 1. The highest BCUT2D eigenvalue weighted by atomic mass is 19.1. The largest absolute Gasteiger partial charge is 0.507 e. The Bertz CT molecular complexity index is 1830. The first-order valence-electron chi connectivity index (χ1n) is 13.5. The Kier molecular flexibility index (Phi) is 7.60. The molecular formula is C29H26FN11O2. The number of hydrogen-bond donors (Lipinski definition) is 3. The first-order chi connectivity index (χ1) is 20.9. The Hall–Kier alpha value is -5.84. The molecule has 0 spiro atoms. The Morgan fingerprint density at radius 1 is 1.05 bits per heavy atom. The van der Waals surface area contributed by atoms with Crippen LogP contribution in [0.15, 0.2) is 61.1 Å². The molecule has 0 aliphatic carbocycles. The molecule has 1 amide bonds. The zero-order valence-corrected chi connectivity index (χ0v) is 22.9. The zero-order valence-electron chi connectivity index (χ0n) is 22.9. The lowest BCUT2D eigenvalue weighted by Gasteiger charge is -2.25. The van der Waals surface area contributed by atoms with Gasteiger partial charge >= 0.3 is 0 Å². The summed E-state index contributed by atoms with van der Waals surface area (Å²) >= 11 is 0. The fourth-order valence-corrected chi connectivity index (χ4v) is 4.74. The van der Waals surface area contributed by atoms with Crippen LogP contribution in [0.3, 0.4) is 0 Å². The fourth-order valence-electron chi connectivity index (χ4n) is 4.74. The number of carbonyl (C=O) groups excluding carboxylic acids is 1. The van der Waals surface area contributed by atoms with E-state index in [9.17, 15) is 14.3 Å². The third kappa shape index (κ3) is 6.10. The molecule has 0 bridgehead atoms. The highest BCUT2D eigenvalue weighted by Gasteiger charge is 2.20. The summed E-state index contributed by atoms with van der Waals surface area (Å²) in [5.41, 5.74) is 8.23. The van der Waals surface area contributed by atoms with E-state index in [2.05, 4.69) is 57.2 Å². The minimum atomic E-state index is -0.488. The monoisotopic (exact) mass is 579 g/mol. The molecule has 5 aromatic rings. The van der Waals surface area contributed by atoms with E-state index in [4.69, 9.17) is 5.73 Å². The molecule has 6 rings (SSSR count). The van der Waals surface area contributed by atoms with Crippen molar-refractivity contribution in [2.24, 2.45) is 0 Å². The molecule has 0 radical (unpaired) electrons. The van der Waals surface area contributed by atoms with E-state index in [0.29, 0.717) is 42.5 Å². The number of amides is 1. The summed E-state index contributed by atoms with van der Waals surface area (Å²) in [4.78, 5) is 29.7. The van der Waals surface area contributed by atoms with Crippen LogP contribution in [0, 0.1) is 17.7 Å². The molecular weight excluding hydrogens is 553 g/mol. The van der Waals surface area contributed by atoms with Crippen molar-refractivity contribution in [2.45, 2.75) is 6.42 Å². The van der Waals surface area contributed by atoms with Gasteiger partial charge in [0, 0.05) is 56.4 Å². The van der Waals surface area contributed by atoms with Gasteiger partial charge in [0.25, 0.3) is 5.91 Å². The van der Waals surface area contributed by atoms with E-state index in [1.165, 1.54) is 22.7 Å². The van der Waals surface area contributed by atoms with Crippen LogP contribution in [0.1, 0.15) is 22.7 Å². The molecule has 216 valence electrons. The van der Waals surface area contributed by atoms with Crippen LogP contribution in [-0.2, 0) is 0 Å². The summed E-state index contributed by atoms with van der Waals surface area (Å²) in [6.45, 7) is 2.78. The molecule has 1 fully saturated rings. The second-order valence-corrected chi connectivity index (χ2v) is 9.66. The van der Waals surface area contributed by atoms with Crippen LogP contribution in [0.4, 0.5) is 21.7 Å². The summed E-state index contributed by atoms with van der Waals surface area (Å²) in [6, 6.07) is 10.6. The topological polar surface area (TPSA) is 164 Å². The first kappa shape index (κ1) is 27.3. The number of anilines is 3. The number of nitrogens with two attached hydrogens (primary N) is 1. The Morgan fingerprint density at radius 3 is 2.79 bits per heavy atom. The highest BCUT2D eigenvalue weighted by Crippen LogP contribution is 2.32. The van der Waals surface area contributed by atoms with Crippen LogP contribution in [-0.4, -0.2) is 78.5 Å². The average molecular weight is 580 g/mol. The van der Waals surface area contributed by atoms with Crippen molar-refractivity contribution in [3.05, 3.63) is 78.4 Å². The van der Waals surface area contributed by atoms with Gasteiger partial charge in [0.05, 0.1) is 17.9 Å². The summed E-state index contributed by atoms with van der Waals surface area (Å²) in [5.74, 6) is 6.17. The molecule has 0 unspecified atom stereocenters. The van der Waals surface area contributed by atoms with Gasteiger partial charge in [0.15, 0.2) is 17.2 Å². The lowest BCUT2D eigenvalue weighted by molar-refractivity contribution is 0.0953. The molecule has 1 saturated heterocycles. The van der Waals surface area contributed by atoms with Crippen molar-refractivity contribution in [1.82, 2.24) is 40.1 Å². The third-order valence-electron chi connectivity index (χ3n) is 6.84. The molecule has 1 aromatic carbocycles. The lowest BCUT2D eigenvalue weighted by Crippen LogP contribution is -2.31. The van der Waals surface area contributed by atoms with E-state index in [-0.39, 0.29) is 35.3 Å². The molecule has 4 aromatic heterocycles. The smallest absolute Gasteiger partial charge is 0.272 e. The van der Waals surface area contributed by atoms with Crippen LogP contribution in [0.5, 0.6) is 5.75 Å².